The Kier molecular flexibility index (Phi) is 6.45. The van der Waals surface area contributed by atoms with Gasteiger partial charge in [-0.2, -0.15) is 5.10 Å². The standard InChI is InChI=1S/C24H20Cl3N3/c1-16-22(15-28-14-17-5-3-2-4-6-17)29-30(23-12-11-20(26)13-21(23)27)24(16)18-7-9-19(25)10-8-18/h2-13,28H,14-15H2,1H3. The number of rotatable bonds is 6. The van der Waals surface area contributed by atoms with Crippen LogP contribution in [0, 0.1) is 6.92 Å². The van der Waals surface area contributed by atoms with Crippen LogP contribution in [0.15, 0.2) is 72.8 Å². The minimum atomic E-state index is 0.545. The molecule has 3 aromatic carbocycles. The predicted molar refractivity (Wildman–Crippen MR) is 126 cm³/mol. The van der Waals surface area contributed by atoms with E-state index in [1.165, 1.54) is 5.56 Å². The number of halogens is 3. The maximum Gasteiger partial charge on any atom is 0.0840 e. The monoisotopic (exact) mass is 455 g/mol. The van der Waals surface area contributed by atoms with Crippen LogP contribution in [0.3, 0.4) is 0 Å². The van der Waals surface area contributed by atoms with Gasteiger partial charge in [-0.05, 0) is 48.4 Å². The zero-order chi connectivity index (χ0) is 21.1. The highest BCUT2D eigenvalue weighted by atomic mass is 35.5. The summed E-state index contributed by atoms with van der Waals surface area (Å²) in [5.41, 5.74) is 6.06. The van der Waals surface area contributed by atoms with E-state index in [0.717, 1.165) is 34.7 Å². The van der Waals surface area contributed by atoms with Crippen molar-refractivity contribution < 1.29 is 0 Å². The summed E-state index contributed by atoms with van der Waals surface area (Å²) in [6, 6.07) is 23.5. The maximum atomic E-state index is 6.51. The summed E-state index contributed by atoms with van der Waals surface area (Å²) in [5, 5.41) is 10.2. The van der Waals surface area contributed by atoms with E-state index in [-0.39, 0.29) is 0 Å². The van der Waals surface area contributed by atoms with Gasteiger partial charge in [0.2, 0.25) is 0 Å². The quantitative estimate of drug-likeness (QED) is 0.335. The Morgan fingerprint density at radius 2 is 1.53 bits per heavy atom. The lowest BCUT2D eigenvalue weighted by atomic mass is 10.1. The molecule has 0 atom stereocenters. The molecule has 0 amide bonds. The number of aromatic nitrogens is 2. The first-order chi connectivity index (χ1) is 14.5. The molecular weight excluding hydrogens is 437 g/mol. The molecule has 1 aromatic heterocycles. The van der Waals surface area contributed by atoms with Crippen LogP contribution in [0.4, 0.5) is 0 Å². The number of hydrogen-bond donors (Lipinski definition) is 1. The molecule has 0 spiro atoms. The van der Waals surface area contributed by atoms with Crippen LogP contribution in [-0.4, -0.2) is 9.78 Å². The molecule has 6 heteroatoms. The van der Waals surface area contributed by atoms with Gasteiger partial charge in [0.15, 0.2) is 0 Å². The maximum absolute atomic E-state index is 6.51. The zero-order valence-corrected chi connectivity index (χ0v) is 18.6. The summed E-state index contributed by atoms with van der Waals surface area (Å²) in [7, 11) is 0. The van der Waals surface area contributed by atoms with E-state index in [4.69, 9.17) is 39.9 Å². The molecule has 0 saturated carbocycles. The molecule has 0 bridgehead atoms. The molecule has 0 fully saturated rings. The van der Waals surface area contributed by atoms with Gasteiger partial charge >= 0.3 is 0 Å². The van der Waals surface area contributed by atoms with Crippen LogP contribution in [0.1, 0.15) is 16.8 Å². The Balaban J connectivity index is 1.72. The van der Waals surface area contributed by atoms with E-state index in [1.807, 2.05) is 59.3 Å². The second-order valence-electron chi connectivity index (χ2n) is 7.02. The second kappa shape index (κ2) is 9.23. The lowest BCUT2D eigenvalue weighted by Crippen LogP contribution is -2.14. The summed E-state index contributed by atoms with van der Waals surface area (Å²) in [6.45, 7) is 3.49. The molecule has 152 valence electrons. The first-order valence-corrected chi connectivity index (χ1v) is 10.7. The lowest BCUT2D eigenvalue weighted by Gasteiger charge is -2.11. The van der Waals surface area contributed by atoms with Crippen molar-refractivity contribution >= 4 is 34.8 Å². The molecular formula is C24H20Cl3N3. The number of hydrogen-bond acceptors (Lipinski definition) is 2. The normalized spacial score (nSPS) is 11.1. The van der Waals surface area contributed by atoms with Crippen LogP contribution in [0.5, 0.6) is 0 Å². The molecule has 0 aliphatic rings. The smallest absolute Gasteiger partial charge is 0.0840 e. The molecule has 4 aromatic rings. The van der Waals surface area contributed by atoms with Gasteiger partial charge in [-0.1, -0.05) is 77.3 Å². The van der Waals surface area contributed by atoms with Crippen LogP contribution >= 0.6 is 34.8 Å². The lowest BCUT2D eigenvalue weighted by molar-refractivity contribution is 0.667. The molecule has 1 heterocycles. The van der Waals surface area contributed by atoms with E-state index in [2.05, 4.69) is 24.4 Å². The SMILES string of the molecule is Cc1c(CNCc2ccccc2)nn(-c2ccc(Cl)cc2Cl)c1-c1ccc(Cl)cc1. The van der Waals surface area contributed by atoms with Crippen molar-refractivity contribution in [1.82, 2.24) is 15.1 Å². The number of nitrogens with one attached hydrogen (secondary N) is 1. The van der Waals surface area contributed by atoms with Crippen molar-refractivity contribution in [1.29, 1.82) is 0 Å². The van der Waals surface area contributed by atoms with Gasteiger partial charge in [0.25, 0.3) is 0 Å². The van der Waals surface area contributed by atoms with Crippen LogP contribution in [0.25, 0.3) is 16.9 Å². The first kappa shape index (κ1) is 21.0. The van der Waals surface area contributed by atoms with Crippen molar-refractivity contribution in [3.05, 3.63) is 105 Å². The number of nitrogens with zero attached hydrogens (tertiary/aromatic N) is 2. The van der Waals surface area contributed by atoms with Gasteiger partial charge < -0.3 is 5.32 Å². The molecule has 0 aliphatic heterocycles. The topological polar surface area (TPSA) is 29.9 Å². The summed E-state index contributed by atoms with van der Waals surface area (Å²) < 4.78 is 1.89. The minimum Gasteiger partial charge on any atom is -0.307 e. The Morgan fingerprint density at radius 3 is 2.23 bits per heavy atom. The summed E-state index contributed by atoms with van der Waals surface area (Å²) >= 11 is 18.7. The van der Waals surface area contributed by atoms with E-state index in [0.29, 0.717) is 21.6 Å². The fourth-order valence-electron chi connectivity index (χ4n) is 3.40. The average Bonchev–Trinajstić information content (AvgIpc) is 3.05. The fourth-order valence-corrected chi connectivity index (χ4v) is 4.02. The molecule has 4 rings (SSSR count). The summed E-state index contributed by atoms with van der Waals surface area (Å²) in [6.07, 6.45) is 0. The molecule has 1 N–H and O–H groups in total. The minimum absolute atomic E-state index is 0.545. The van der Waals surface area contributed by atoms with E-state index in [1.54, 1.807) is 6.07 Å². The molecule has 3 nitrogen and oxygen atoms in total. The highest BCUT2D eigenvalue weighted by Gasteiger charge is 2.19. The van der Waals surface area contributed by atoms with Crippen molar-refractivity contribution in [2.45, 2.75) is 20.0 Å². The Hall–Kier alpha value is -2.30. The van der Waals surface area contributed by atoms with Crippen LogP contribution in [-0.2, 0) is 13.1 Å². The van der Waals surface area contributed by atoms with Crippen molar-refractivity contribution in [2.75, 3.05) is 0 Å². The van der Waals surface area contributed by atoms with Gasteiger partial charge in [0.05, 0.1) is 22.1 Å². The van der Waals surface area contributed by atoms with E-state index >= 15 is 0 Å². The summed E-state index contributed by atoms with van der Waals surface area (Å²) in [5.74, 6) is 0. The van der Waals surface area contributed by atoms with Gasteiger partial charge in [-0.25, -0.2) is 4.68 Å². The Bertz CT molecular complexity index is 1150. The van der Waals surface area contributed by atoms with E-state index in [9.17, 15) is 0 Å². The van der Waals surface area contributed by atoms with Gasteiger partial charge in [0, 0.05) is 28.7 Å². The second-order valence-corrected chi connectivity index (χ2v) is 8.30. The third-order valence-corrected chi connectivity index (χ3v) is 5.73. The summed E-state index contributed by atoms with van der Waals surface area (Å²) in [4.78, 5) is 0. The molecule has 30 heavy (non-hydrogen) atoms. The van der Waals surface area contributed by atoms with Gasteiger partial charge in [-0.3, -0.25) is 0 Å². The van der Waals surface area contributed by atoms with Crippen molar-refractivity contribution in [3.8, 4) is 16.9 Å². The first-order valence-electron chi connectivity index (χ1n) is 9.57. The Labute approximate surface area is 191 Å². The highest BCUT2D eigenvalue weighted by Crippen LogP contribution is 2.33. The molecule has 0 radical (unpaired) electrons. The largest absolute Gasteiger partial charge is 0.307 e. The Morgan fingerprint density at radius 1 is 0.833 bits per heavy atom. The third-order valence-electron chi connectivity index (χ3n) is 4.94. The zero-order valence-electron chi connectivity index (χ0n) is 16.4. The predicted octanol–water partition coefficient (Wildman–Crippen LogP) is 7.10. The van der Waals surface area contributed by atoms with Crippen molar-refractivity contribution in [3.63, 3.8) is 0 Å². The molecule has 0 aliphatic carbocycles. The fraction of sp³-hybridized carbons (Fsp3) is 0.125. The van der Waals surface area contributed by atoms with Gasteiger partial charge in [0.1, 0.15) is 0 Å². The number of benzene rings is 3. The van der Waals surface area contributed by atoms with Gasteiger partial charge in [-0.15, -0.1) is 0 Å². The van der Waals surface area contributed by atoms with Crippen LogP contribution < -0.4 is 5.32 Å². The van der Waals surface area contributed by atoms with Crippen molar-refractivity contribution in [2.24, 2.45) is 0 Å². The average molecular weight is 457 g/mol. The highest BCUT2D eigenvalue weighted by molar-refractivity contribution is 6.35. The molecule has 0 saturated heterocycles. The third kappa shape index (κ3) is 4.55. The van der Waals surface area contributed by atoms with Crippen LogP contribution in [0.2, 0.25) is 15.1 Å². The molecule has 0 unspecified atom stereocenters. The van der Waals surface area contributed by atoms with E-state index < -0.39 is 0 Å².